The van der Waals surface area contributed by atoms with Gasteiger partial charge in [0, 0.05) is 17.5 Å². The Kier molecular flexibility index (Phi) is 1.96. The molecule has 0 amide bonds. The normalized spacial score (nSPS) is 10.7. The third kappa shape index (κ3) is 1.29. The van der Waals surface area contributed by atoms with Gasteiger partial charge in [0.25, 0.3) is 0 Å². The van der Waals surface area contributed by atoms with E-state index in [1.807, 2.05) is 17.9 Å². The van der Waals surface area contributed by atoms with Crippen LogP contribution >= 0.6 is 11.3 Å². The van der Waals surface area contributed by atoms with Crippen molar-refractivity contribution in [1.29, 1.82) is 0 Å². The van der Waals surface area contributed by atoms with Gasteiger partial charge in [0.15, 0.2) is 0 Å². The Bertz CT molecular complexity index is 406. The van der Waals surface area contributed by atoms with E-state index in [2.05, 4.69) is 30.4 Å². The molecule has 0 N–H and O–H groups in total. The van der Waals surface area contributed by atoms with Crippen LogP contribution in [0.2, 0.25) is 0 Å². The van der Waals surface area contributed by atoms with Gasteiger partial charge in [-0.25, -0.2) is 0 Å². The molecule has 0 bridgehead atoms. The van der Waals surface area contributed by atoms with Gasteiger partial charge in [0.1, 0.15) is 0 Å². The maximum absolute atomic E-state index is 4.23. The topological polar surface area (TPSA) is 17.8 Å². The smallest absolute Gasteiger partial charge is 0.0719 e. The van der Waals surface area contributed by atoms with Crippen molar-refractivity contribution < 1.29 is 0 Å². The molecule has 0 atom stereocenters. The van der Waals surface area contributed by atoms with Crippen molar-refractivity contribution in [3.8, 4) is 11.3 Å². The Hall–Kier alpha value is -1.09. The monoisotopic (exact) mass is 192 g/mol. The van der Waals surface area contributed by atoms with E-state index in [9.17, 15) is 0 Å². The van der Waals surface area contributed by atoms with Crippen LogP contribution in [0.15, 0.2) is 17.6 Å². The molecule has 2 heterocycles. The molecule has 0 aliphatic rings. The minimum Gasteiger partial charge on any atom is -0.268 e. The van der Waals surface area contributed by atoms with Crippen LogP contribution in [0.4, 0.5) is 0 Å². The molecule has 2 nitrogen and oxygen atoms in total. The van der Waals surface area contributed by atoms with Crippen molar-refractivity contribution in [1.82, 2.24) is 9.78 Å². The van der Waals surface area contributed by atoms with Crippen LogP contribution in [0, 0.1) is 13.8 Å². The maximum atomic E-state index is 4.23. The van der Waals surface area contributed by atoms with Crippen LogP contribution in [-0.4, -0.2) is 9.78 Å². The molecule has 68 valence electrons. The highest BCUT2D eigenvalue weighted by Crippen LogP contribution is 2.29. The van der Waals surface area contributed by atoms with Gasteiger partial charge < -0.3 is 0 Å². The number of rotatable bonds is 1. The van der Waals surface area contributed by atoms with E-state index in [0.717, 1.165) is 0 Å². The summed E-state index contributed by atoms with van der Waals surface area (Å²) in [4.78, 5) is 1.35. The predicted octanol–water partition coefficient (Wildman–Crippen LogP) is 2.77. The molecule has 0 aliphatic heterocycles. The number of hydrogen-bond acceptors (Lipinski definition) is 2. The van der Waals surface area contributed by atoms with Crippen LogP contribution in [0.1, 0.15) is 10.4 Å². The zero-order valence-corrected chi connectivity index (χ0v) is 8.85. The summed E-state index contributed by atoms with van der Waals surface area (Å²) in [5, 5.41) is 6.36. The van der Waals surface area contributed by atoms with Gasteiger partial charge in [-0.2, -0.15) is 5.10 Å². The lowest BCUT2D eigenvalue weighted by atomic mass is 10.1. The van der Waals surface area contributed by atoms with Crippen molar-refractivity contribution in [3.05, 3.63) is 28.1 Å². The van der Waals surface area contributed by atoms with Crippen molar-refractivity contribution in [2.24, 2.45) is 7.05 Å². The summed E-state index contributed by atoms with van der Waals surface area (Å²) in [6.45, 7) is 4.24. The molecule has 0 aromatic carbocycles. The number of aromatic nitrogens is 2. The summed E-state index contributed by atoms with van der Waals surface area (Å²) in [7, 11) is 1.99. The van der Waals surface area contributed by atoms with Crippen molar-refractivity contribution in [2.75, 3.05) is 0 Å². The summed E-state index contributed by atoms with van der Waals surface area (Å²) in [6, 6.07) is 2.16. The largest absolute Gasteiger partial charge is 0.268 e. The third-order valence-electron chi connectivity index (χ3n) is 2.24. The molecular weight excluding hydrogens is 180 g/mol. The number of thiophene rings is 1. The second-order valence-corrected chi connectivity index (χ2v) is 4.31. The molecule has 0 saturated carbocycles. The Labute approximate surface area is 81.8 Å². The van der Waals surface area contributed by atoms with Gasteiger partial charge in [-0.15, -0.1) is 11.3 Å². The highest BCUT2D eigenvalue weighted by molar-refractivity contribution is 7.10. The fourth-order valence-corrected chi connectivity index (χ4v) is 2.26. The first-order chi connectivity index (χ1) is 6.20. The summed E-state index contributed by atoms with van der Waals surface area (Å²) in [6.07, 6.45) is 1.91. The van der Waals surface area contributed by atoms with Gasteiger partial charge in [0.05, 0.1) is 11.9 Å². The van der Waals surface area contributed by atoms with Gasteiger partial charge >= 0.3 is 0 Å². The second-order valence-electron chi connectivity index (χ2n) is 3.19. The highest BCUT2D eigenvalue weighted by atomic mass is 32.1. The molecule has 13 heavy (non-hydrogen) atoms. The Balaban J connectivity index is 2.64. The van der Waals surface area contributed by atoms with Crippen molar-refractivity contribution >= 4 is 11.3 Å². The predicted molar refractivity (Wildman–Crippen MR) is 56.0 cm³/mol. The van der Waals surface area contributed by atoms with Gasteiger partial charge in [-0.05, 0) is 30.9 Å². The van der Waals surface area contributed by atoms with E-state index in [-0.39, 0.29) is 0 Å². The first-order valence-electron chi connectivity index (χ1n) is 4.23. The Morgan fingerprint density at radius 1 is 1.38 bits per heavy atom. The molecule has 2 aromatic heterocycles. The van der Waals surface area contributed by atoms with Gasteiger partial charge in [-0.1, -0.05) is 0 Å². The zero-order valence-electron chi connectivity index (χ0n) is 8.03. The van der Waals surface area contributed by atoms with E-state index in [0.29, 0.717) is 0 Å². The average Bonchev–Trinajstić information content (AvgIpc) is 2.60. The Morgan fingerprint density at radius 2 is 2.15 bits per heavy atom. The third-order valence-corrected chi connectivity index (χ3v) is 3.08. The van der Waals surface area contributed by atoms with Crippen LogP contribution < -0.4 is 0 Å². The number of nitrogens with zero attached hydrogens (tertiary/aromatic N) is 2. The summed E-state index contributed by atoms with van der Waals surface area (Å²) in [5.41, 5.74) is 3.78. The standard InChI is InChI=1S/C10H12N2S/c1-7-6-11-12(3)10(7)9-4-5-13-8(9)2/h4-6H,1-3H3. The minimum atomic E-state index is 1.23. The number of hydrogen-bond donors (Lipinski definition) is 0. The lowest BCUT2D eigenvalue weighted by Gasteiger charge is -2.02. The molecule has 0 spiro atoms. The average molecular weight is 192 g/mol. The van der Waals surface area contributed by atoms with E-state index >= 15 is 0 Å². The van der Waals surface area contributed by atoms with Crippen LogP contribution in [-0.2, 0) is 7.05 Å². The molecule has 0 radical (unpaired) electrons. The zero-order chi connectivity index (χ0) is 9.42. The molecule has 3 heteroatoms. The molecule has 0 aliphatic carbocycles. The lowest BCUT2D eigenvalue weighted by molar-refractivity contribution is 0.775. The van der Waals surface area contributed by atoms with E-state index < -0.39 is 0 Å². The quantitative estimate of drug-likeness (QED) is 0.679. The first-order valence-corrected chi connectivity index (χ1v) is 5.11. The molecule has 2 rings (SSSR count). The van der Waals surface area contributed by atoms with E-state index in [4.69, 9.17) is 0 Å². The molecule has 0 fully saturated rings. The summed E-state index contributed by atoms with van der Waals surface area (Å²) >= 11 is 1.78. The SMILES string of the molecule is Cc1cnn(C)c1-c1ccsc1C. The number of aryl methyl sites for hydroxylation is 3. The molecule has 0 unspecified atom stereocenters. The fourth-order valence-electron chi connectivity index (χ4n) is 1.56. The molecular formula is C10H12N2S. The van der Waals surface area contributed by atoms with Gasteiger partial charge in [0.2, 0.25) is 0 Å². The van der Waals surface area contributed by atoms with Crippen LogP contribution in [0.5, 0.6) is 0 Å². The van der Waals surface area contributed by atoms with Crippen molar-refractivity contribution in [3.63, 3.8) is 0 Å². The second kappa shape index (κ2) is 3.00. The van der Waals surface area contributed by atoms with E-state index in [1.54, 1.807) is 11.3 Å². The van der Waals surface area contributed by atoms with Crippen molar-refractivity contribution in [2.45, 2.75) is 13.8 Å². The van der Waals surface area contributed by atoms with Crippen LogP contribution in [0.3, 0.4) is 0 Å². The summed E-state index contributed by atoms with van der Waals surface area (Å²) in [5.74, 6) is 0. The molecule has 0 saturated heterocycles. The summed E-state index contributed by atoms with van der Waals surface area (Å²) < 4.78 is 1.93. The maximum Gasteiger partial charge on any atom is 0.0719 e. The first kappa shape index (κ1) is 8.51. The Morgan fingerprint density at radius 3 is 2.62 bits per heavy atom. The van der Waals surface area contributed by atoms with Crippen LogP contribution in [0.25, 0.3) is 11.3 Å². The minimum absolute atomic E-state index is 1.23. The van der Waals surface area contributed by atoms with Gasteiger partial charge in [-0.3, -0.25) is 4.68 Å². The highest BCUT2D eigenvalue weighted by Gasteiger charge is 2.09. The fraction of sp³-hybridized carbons (Fsp3) is 0.300. The lowest BCUT2D eigenvalue weighted by Crippen LogP contribution is -1.93. The van der Waals surface area contributed by atoms with E-state index in [1.165, 1.54) is 21.7 Å². The molecule has 2 aromatic rings.